The van der Waals surface area contributed by atoms with Crippen molar-refractivity contribution in [3.63, 3.8) is 0 Å². The highest BCUT2D eigenvalue weighted by Gasteiger charge is 2.07. The van der Waals surface area contributed by atoms with E-state index in [-0.39, 0.29) is 5.82 Å². The Labute approximate surface area is 120 Å². The van der Waals surface area contributed by atoms with E-state index in [4.69, 9.17) is 23.2 Å². The van der Waals surface area contributed by atoms with Crippen molar-refractivity contribution in [1.29, 1.82) is 5.26 Å². The van der Waals surface area contributed by atoms with Crippen LogP contribution in [0.2, 0.25) is 10.0 Å². The van der Waals surface area contributed by atoms with E-state index < -0.39 is 0 Å². The molecule has 19 heavy (non-hydrogen) atoms. The van der Waals surface area contributed by atoms with Gasteiger partial charge < -0.3 is 0 Å². The summed E-state index contributed by atoms with van der Waals surface area (Å²) in [6.45, 7) is 0. The first-order chi connectivity index (χ1) is 9.10. The molecule has 2 rings (SSSR count). The van der Waals surface area contributed by atoms with Crippen LogP contribution in [0.15, 0.2) is 42.5 Å². The lowest BCUT2D eigenvalue weighted by atomic mass is 10.0. The second kappa shape index (κ2) is 5.88. The normalized spacial score (nSPS) is 11.2. The van der Waals surface area contributed by atoms with E-state index in [1.807, 2.05) is 0 Å². The molecule has 0 N–H and O–H groups in total. The molecule has 1 nitrogen and oxygen atoms in total. The molecule has 0 atom stereocenters. The van der Waals surface area contributed by atoms with E-state index in [1.54, 1.807) is 36.4 Å². The highest BCUT2D eigenvalue weighted by atomic mass is 35.5. The largest absolute Gasteiger partial charge is 0.207 e. The van der Waals surface area contributed by atoms with Gasteiger partial charge in [-0.3, -0.25) is 0 Å². The molecule has 0 amide bonds. The summed E-state index contributed by atoms with van der Waals surface area (Å²) in [4.78, 5) is 0. The van der Waals surface area contributed by atoms with E-state index in [2.05, 4.69) is 6.07 Å². The zero-order valence-electron chi connectivity index (χ0n) is 9.70. The number of benzene rings is 2. The molecule has 0 aliphatic rings. The van der Waals surface area contributed by atoms with Gasteiger partial charge in [0.2, 0.25) is 0 Å². The van der Waals surface area contributed by atoms with Crippen LogP contribution in [0.4, 0.5) is 4.39 Å². The second-order valence-electron chi connectivity index (χ2n) is 3.85. The SMILES string of the molecule is N#C/C(=C/c1ccc(F)cc1)c1ccc(Cl)cc1Cl. The number of hydrogen-bond acceptors (Lipinski definition) is 1. The van der Waals surface area contributed by atoms with Crippen LogP contribution in [0.1, 0.15) is 11.1 Å². The fraction of sp³-hybridized carbons (Fsp3) is 0. The summed E-state index contributed by atoms with van der Waals surface area (Å²) >= 11 is 11.9. The molecule has 0 heterocycles. The summed E-state index contributed by atoms with van der Waals surface area (Å²) in [5, 5.41) is 10.1. The van der Waals surface area contributed by atoms with Gasteiger partial charge in [-0.15, -0.1) is 0 Å². The number of nitriles is 1. The van der Waals surface area contributed by atoms with Crippen molar-refractivity contribution in [2.24, 2.45) is 0 Å². The Hall–Kier alpha value is -1.82. The van der Waals surface area contributed by atoms with Crippen molar-refractivity contribution >= 4 is 34.9 Å². The minimum absolute atomic E-state index is 0.319. The van der Waals surface area contributed by atoms with Gasteiger partial charge in [-0.25, -0.2) is 4.39 Å². The zero-order chi connectivity index (χ0) is 13.8. The van der Waals surface area contributed by atoms with Gasteiger partial charge in [0.15, 0.2) is 0 Å². The second-order valence-corrected chi connectivity index (χ2v) is 4.69. The Morgan fingerprint density at radius 3 is 2.37 bits per heavy atom. The molecule has 4 heteroatoms. The molecule has 94 valence electrons. The molecule has 0 saturated heterocycles. The van der Waals surface area contributed by atoms with Crippen LogP contribution in [0.3, 0.4) is 0 Å². The van der Waals surface area contributed by atoms with Crippen LogP contribution < -0.4 is 0 Å². The van der Waals surface area contributed by atoms with Gasteiger partial charge >= 0.3 is 0 Å². The van der Waals surface area contributed by atoms with Crippen molar-refractivity contribution in [3.05, 3.63) is 69.5 Å². The first kappa shape index (κ1) is 13.6. The summed E-state index contributed by atoms with van der Waals surface area (Å²) in [5.74, 6) is -0.319. The van der Waals surface area contributed by atoms with Gasteiger partial charge in [0.05, 0.1) is 16.7 Å². The van der Waals surface area contributed by atoms with Crippen LogP contribution in [0.25, 0.3) is 11.6 Å². The molecule has 2 aromatic rings. The fourth-order valence-corrected chi connectivity index (χ4v) is 2.11. The van der Waals surface area contributed by atoms with Crippen LogP contribution in [0.5, 0.6) is 0 Å². The molecule has 2 aromatic carbocycles. The molecular formula is C15H8Cl2FN. The number of allylic oxidation sites excluding steroid dienone is 1. The average Bonchev–Trinajstić information content (AvgIpc) is 2.39. The third-order valence-electron chi connectivity index (χ3n) is 2.52. The highest BCUT2D eigenvalue weighted by Crippen LogP contribution is 2.28. The van der Waals surface area contributed by atoms with E-state index in [0.29, 0.717) is 21.2 Å². The Balaban J connectivity index is 2.45. The highest BCUT2D eigenvalue weighted by molar-refractivity contribution is 6.36. The third kappa shape index (κ3) is 3.35. The maximum atomic E-state index is 12.8. The maximum Gasteiger partial charge on any atom is 0.123 e. The number of halogens is 3. The molecule has 0 bridgehead atoms. The Bertz CT molecular complexity index is 670. The first-order valence-electron chi connectivity index (χ1n) is 5.43. The lowest BCUT2D eigenvalue weighted by molar-refractivity contribution is 0.628. The van der Waals surface area contributed by atoms with Crippen LogP contribution in [-0.2, 0) is 0 Å². The van der Waals surface area contributed by atoms with E-state index in [9.17, 15) is 9.65 Å². The van der Waals surface area contributed by atoms with Gasteiger partial charge in [0, 0.05) is 10.6 Å². The van der Waals surface area contributed by atoms with Crippen molar-refractivity contribution in [1.82, 2.24) is 0 Å². The average molecular weight is 292 g/mol. The number of nitrogens with zero attached hydrogens (tertiary/aromatic N) is 1. The molecule has 0 aromatic heterocycles. The molecular weight excluding hydrogens is 284 g/mol. The molecule has 0 aliphatic heterocycles. The quantitative estimate of drug-likeness (QED) is 0.551. The lowest BCUT2D eigenvalue weighted by Gasteiger charge is -2.03. The summed E-state index contributed by atoms with van der Waals surface area (Å²) in [6, 6.07) is 12.9. The lowest BCUT2D eigenvalue weighted by Crippen LogP contribution is -1.84. The maximum absolute atomic E-state index is 12.8. The minimum Gasteiger partial charge on any atom is -0.207 e. The summed E-state index contributed by atoms with van der Waals surface area (Å²) in [6.07, 6.45) is 1.65. The summed E-state index contributed by atoms with van der Waals surface area (Å²) in [5.41, 5.74) is 1.72. The Morgan fingerprint density at radius 1 is 1.11 bits per heavy atom. The fourth-order valence-electron chi connectivity index (χ4n) is 1.60. The third-order valence-corrected chi connectivity index (χ3v) is 3.07. The molecule has 0 saturated carbocycles. The zero-order valence-corrected chi connectivity index (χ0v) is 11.2. The Kier molecular flexibility index (Phi) is 4.21. The topological polar surface area (TPSA) is 23.8 Å². The molecule has 0 radical (unpaired) electrons. The van der Waals surface area contributed by atoms with Gasteiger partial charge in [0.25, 0.3) is 0 Å². The summed E-state index contributed by atoms with van der Waals surface area (Å²) in [7, 11) is 0. The predicted octanol–water partition coefficient (Wildman–Crippen LogP) is 5.20. The molecule has 0 unspecified atom stereocenters. The van der Waals surface area contributed by atoms with Crippen molar-refractivity contribution in [2.75, 3.05) is 0 Å². The molecule has 0 aliphatic carbocycles. The van der Waals surface area contributed by atoms with Gasteiger partial charge in [-0.05, 0) is 35.9 Å². The van der Waals surface area contributed by atoms with Crippen LogP contribution in [-0.4, -0.2) is 0 Å². The van der Waals surface area contributed by atoms with Crippen molar-refractivity contribution < 1.29 is 4.39 Å². The monoisotopic (exact) mass is 291 g/mol. The Morgan fingerprint density at radius 2 is 1.79 bits per heavy atom. The number of hydrogen-bond donors (Lipinski definition) is 0. The number of rotatable bonds is 2. The molecule has 0 spiro atoms. The smallest absolute Gasteiger partial charge is 0.123 e. The van der Waals surface area contributed by atoms with E-state index in [0.717, 1.165) is 5.56 Å². The summed E-state index contributed by atoms with van der Waals surface area (Å²) < 4.78 is 12.8. The minimum atomic E-state index is -0.319. The molecule has 0 fully saturated rings. The van der Waals surface area contributed by atoms with Gasteiger partial charge in [-0.2, -0.15) is 5.26 Å². The van der Waals surface area contributed by atoms with Crippen molar-refractivity contribution in [2.45, 2.75) is 0 Å². The predicted molar refractivity (Wildman–Crippen MR) is 76.3 cm³/mol. The first-order valence-corrected chi connectivity index (χ1v) is 6.18. The van der Waals surface area contributed by atoms with Gasteiger partial charge in [0.1, 0.15) is 5.82 Å². The van der Waals surface area contributed by atoms with Crippen LogP contribution in [0, 0.1) is 17.1 Å². The van der Waals surface area contributed by atoms with Gasteiger partial charge in [-0.1, -0.05) is 41.4 Å². The standard InChI is InChI=1S/C15H8Cl2FN/c16-12-3-6-14(15(17)8-12)11(9-19)7-10-1-4-13(18)5-2-10/h1-8H/b11-7-. The van der Waals surface area contributed by atoms with E-state index >= 15 is 0 Å². The van der Waals surface area contributed by atoms with E-state index in [1.165, 1.54) is 12.1 Å². The van der Waals surface area contributed by atoms with Crippen molar-refractivity contribution in [3.8, 4) is 6.07 Å². The van der Waals surface area contributed by atoms with Crippen LogP contribution >= 0.6 is 23.2 Å².